The minimum atomic E-state index is -0.0661. The maximum absolute atomic E-state index is 12.0. The van der Waals surface area contributed by atoms with E-state index in [0.717, 1.165) is 29.7 Å². The molecule has 6 heteroatoms. The molecule has 0 unspecified atom stereocenters. The zero-order valence-electron chi connectivity index (χ0n) is 12.0. The van der Waals surface area contributed by atoms with Gasteiger partial charge in [0.05, 0.1) is 5.75 Å². The van der Waals surface area contributed by atoms with Crippen molar-refractivity contribution in [3.63, 3.8) is 0 Å². The molecule has 5 nitrogen and oxygen atoms in total. The number of thioether (sulfide) groups is 1. The first-order valence-electron chi connectivity index (χ1n) is 6.96. The number of anilines is 1. The van der Waals surface area contributed by atoms with E-state index < -0.39 is 0 Å². The second-order valence-corrected chi connectivity index (χ2v) is 6.21. The molecule has 2 aromatic rings. The summed E-state index contributed by atoms with van der Waals surface area (Å²) in [6.45, 7) is 3.96. The van der Waals surface area contributed by atoms with Gasteiger partial charge in [-0.05, 0) is 37.8 Å². The van der Waals surface area contributed by atoms with Crippen molar-refractivity contribution in [1.29, 1.82) is 0 Å². The number of carbonyl (C=O) groups excluding carboxylic acids is 1. The molecule has 0 atom stereocenters. The number of para-hydroxylation sites is 1. The van der Waals surface area contributed by atoms with E-state index in [-0.39, 0.29) is 11.7 Å². The lowest BCUT2D eigenvalue weighted by atomic mass is 10.1. The first kappa shape index (κ1) is 14.1. The molecule has 21 heavy (non-hydrogen) atoms. The van der Waals surface area contributed by atoms with Gasteiger partial charge >= 0.3 is 0 Å². The summed E-state index contributed by atoms with van der Waals surface area (Å²) < 4.78 is 5.52. The molecule has 0 spiro atoms. The second-order valence-electron chi connectivity index (χ2n) is 5.28. The molecule has 1 aliphatic carbocycles. The molecular weight excluding hydrogens is 286 g/mol. The molecule has 1 heterocycles. The highest BCUT2D eigenvalue weighted by Gasteiger charge is 2.29. The van der Waals surface area contributed by atoms with Gasteiger partial charge in [-0.15, -0.1) is 10.2 Å². The van der Waals surface area contributed by atoms with Crippen molar-refractivity contribution in [2.75, 3.05) is 11.1 Å². The lowest BCUT2D eigenvalue weighted by Gasteiger charge is -2.10. The van der Waals surface area contributed by atoms with Crippen molar-refractivity contribution < 1.29 is 9.21 Å². The van der Waals surface area contributed by atoms with E-state index >= 15 is 0 Å². The normalized spacial score (nSPS) is 14.2. The van der Waals surface area contributed by atoms with Crippen molar-refractivity contribution in [2.24, 2.45) is 0 Å². The predicted octanol–water partition coefficient (Wildman–Crippen LogP) is 3.29. The van der Waals surface area contributed by atoms with Crippen LogP contribution in [0.4, 0.5) is 5.69 Å². The van der Waals surface area contributed by atoms with Gasteiger partial charge in [0.15, 0.2) is 0 Å². The predicted molar refractivity (Wildman–Crippen MR) is 81.5 cm³/mol. The fourth-order valence-electron chi connectivity index (χ4n) is 2.09. The van der Waals surface area contributed by atoms with Crippen LogP contribution in [-0.2, 0) is 4.79 Å². The number of rotatable bonds is 5. The molecule has 0 radical (unpaired) electrons. The second kappa shape index (κ2) is 5.89. The number of aryl methyl sites for hydroxylation is 2. The minimum absolute atomic E-state index is 0.0661. The van der Waals surface area contributed by atoms with Gasteiger partial charge in [0.2, 0.25) is 11.8 Å². The van der Waals surface area contributed by atoms with Crippen LogP contribution in [0.2, 0.25) is 0 Å². The van der Waals surface area contributed by atoms with Crippen molar-refractivity contribution in [3.8, 4) is 0 Å². The molecule has 3 rings (SSSR count). The molecule has 0 aliphatic heterocycles. The van der Waals surface area contributed by atoms with Gasteiger partial charge in [-0.2, -0.15) is 0 Å². The molecule has 1 aliphatic rings. The first-order valence-corrected chi connectivity index (χ1v) is 7.94. The number of nitrogens with one attached hydrogen (secondary N) is 1. The Kier molecular flexibility index (Phi) is 3.96. The maximum atomic E-state index is 12.0. The van der Waals surface area contributed by atoms with E-state index in [2.05, 4.69) is 15.5 Å². The molecule has 110 valence electrons. The minimum Gasteiger partial charge on any atom is -0.416 e. The Morgan fingerprint density at radius 1 is 1.33 bits per heavy atom. The van der Waals surface area contributed by atoms with E-state index in [1.807, 2.05) is 32.0 Å². The Labute approximate surface area is 127 Å². The fraction of sp³-hybridized carbons (Fsp3) is 0.400. The lowest BCUT2D eigenvalue weighted by molar-refractivity contribution is -0.113. The van der Waals surface area contributed by atoms with Crippen LogP contribution < -0.4 is 5.32 Å². The third kappa shape index (κ3) is 3.44. The summed E-state index contributed by atoms with van der Waals surface area (Å²) in [6.07, 6.45) is 2.25. The van der Waals surface area contributed by atoms with Crippen LogP contribution in [0.25, 0.3) is 0 Å². The Balaban J connectivity index is 1.56. The Morgan fingerprint density at radius 3 is 2.71 bits per heavy atom. The SMILES string of the molecule is Cc1cccc(C)c1NC(=O)CSc1nnc(C2CC2)o1. The van der Waals surface area contributed by atoms with Crippen LogP contribution in [0.3, 0.4) is 0 Å². The van der Waals surface area contributed by atoms with E-state index in [4.69, 9.17) is 4.42 Å². The fourth-order valence-corrected chi connectivity index (χ4v) is 2.66. The Bertz CT molecular complexity index is 644. The van der Waals surface area contributed by atoms with E-state index in [1.165, 1.54) is 11.8 Å². The molecule has 1 N–H and O–H groups in total. The van der Waals surface area contributed by atoms with E-state index in [0.29, 0.717) is 17.0 Å². The number of benzene rings is 1. The molecule has 0 bridgehead atoms. The summed E-state index contributed by atoms with van der Waals surface area (Å²) in [6, 6.07) is 5.94. The zero-order valence-corrected chi connectivity index (χ0v) is 12.9. The van der Waals surface area contributed by atoms with E-state index in [1.54, 1.807) is 0 Å². The Morgan fingerprint density at radius 2 is 2.05 bits per heavy atom. The third-order valence-corrected chi connectivity index (χ3v) is 4.24. The summed E-state index contributed by atoms with van der Waals surface area (Å²) in [7, 11) is 0. The average Bonchev–Trinajstić information content (AvgIpc) is 3.20. The smallest absolute Gasteiger partial charge is 0.277 e. The first-order chi connectivity index (χ1) is 10.1. The van der Waals surface area contributed by atoms with Gasteiger partial charge in [-0.25, -0.2) is 0 Å². The standard InChI is InChI=1S/C15H17N3O2S/c1-9-4-3-5-10(2)13(9)16-12(19)8-21-15-18-17-14(20-15)11-6-7-11/h3-5,11H,6-8H2,1-2H3,(H,16,19). The molecule has 1 fully saturated rings. The number of amides is 1. The third-order valence-electron chi connectivity index (χ3n) is 3.42. The highest BCUT2D eigenvalue weighted by Crippen LogP contribution is 2.39. The molecule has 0 saturated heterocycles. The summed E-state index contributed by atoms with van der Waals surface area (Å²) in [5.74, 6) is 1.34. The average molecular weight is 303 g/mol. The van der Waals surface area contributed by atoms with Crippen LogP contribution in [-0.4, -0.2) is 21.9 Å². The van der Waals surface area contributed by atoms with Gasteiger partial charge in [0, 0.05) is 11.6 Å². The number of carbonyl (C=O) groups is 1. The number of aromatic nitrogens is 2. The van der Waals surface area contributed by atoms with Gasteiger partial charge in [0.1, 0.15) is 0 Å². The van der Waals surface area contributed by atoms with Crippen LogP contribution >= 0.6 is 11.8 Å². The van der Waals surface area contributed by atoms with Crippen LogP contribution in [0.5, 0.6) is 0 Å². The largest absolute Gasteiger partial charge is 0.416 e. The summed E-state index contributed by atoms with van der Waals surface area (Å²) in [5.41, 5.74) is 3.00. The van der Waals surface area contributed by atoms with Crippen LogP contribution in [0.1, 0.15) is 35.8 Å². The number of hydrogen-bond donors (Lipinski definition) is 1. The lowest BCUT2D eigenvalue weighted by Crippen LogP contribution is -2.15. The van der Waals surface area contributed by atoms with Gasteiger partial charge in [0.25, 0.3) is 5.22 Å². The topological polar surface area (TPSA) is 68.0 Å². The maximum Gasteiger partial charge on any atom is 0.277 e. The van der Waals surface area contributed by atoms with Crippen LogP contribution in [0, 0.1) is 13.8 Å². The van der Waals surface area contributed by atoms with Crippen molar-refractivity contribution in [1.82, 2.24) is 10.2 Å². The van der Waals surface area contributed by atoms with Crippen LogP contribution in [0.15, 0.2) is 27.8 Å². The van der Waals surface area contributed by atoms with E-state index in [9.17, 15) is 4.79 Å². The summed E-state index contributed by atoms with van der Waals surface area (Å²) in [5, 5.41) is 11.4. The quantitative estimate of drug-likeness (QED) is 0.858. The number of nitrogens with zero attached hydrogens (tertiary/aromatic N) is 2. The Hall–Kier alpha value is -1.82. The van der Waals surface area contributed by atoms with Gasteiger partial charge < -0.3 is 9.73 Å². The van der Waals surface area contributed by atoms with Crippen molar-refractivity contribution >= 4 is 23.4 Å². The number of hydrogen-bond acceptors (Lipinski definition) is 5. The van der Waals surface area contributed by atoms with Crippen molar-refractivity contribution in [3.05, 3.63) is 35.2 Å². The molecule has 1 aromatic carbocycles. The zero-order chi connectivity index (χ0) is 14.8. The summed E-state index contributed by atoms with van der Waals surface area (Å²) in [4.78, 5) is 12.0. The monoisotopic (exact) mass is 303 g/mol. The van der Waals surface area contributed by atoms with Crippen molar-refractivity contribution in [2.45, 2.75) is 37.8 Å². The molecule has 1 aromatic heterocycles. The highest BCUT2D eigenvalue weighted by molar-refractivity contribution is 7.99. The molecular formula is C15H17N3O2S. The molecule has 1 amide bonds. The summed E-state index contributed by atoms with van der Waals surface area (Å²) >= 11 is 1.27. The molecule has 1 saturated carbocycles. The van der Waals surface area contributed by atoms with Gasteiger partial charge in [-0.3, -0.25) is 4.79 Å². The highest BCUT2D eigenvalue weighted by atomic mass is 32.2. The van der Waals surface area contributed by atoms with Gasteiger partial charge in [-0.1, -0.05) is 30.0 Å².